The second-order valence-corrected chi connectivity index (χ2v) is 11.2. The van der Waals surface area contributed by atoms with Crippen LogP contribution in [-0.4, -0.2) is 45.1 Å². The molecule has 0 fully saturated rings. The number of H-pyrrole nitrogens is 3. The summed E-state index contributed by atoms with van der Waals surface area (Å²) in [4.78, 5) is 6.91. The SMILES string of the molecule is CC(C)c1ccn[nH]1.CC(C)c1ccon1.CC(C)c1ccsn1.CC(C)c1cn[nH]n1.CC(C)c1cnc[nH]1. The Morgan fingerprint density at radius 3 is 1.62 bits per heavy atom. The average molecular weight is 570 g/mol. The lowest BCUT2D eigenvalue weighted by Gasteiger charge is -1.95. The van der Waals surface area contributed by atoms with Gasteiger partial charge in [-0.1, -0.05) is 74.4 Å². The standard InChI is InChI=1S/2C6H10N2.C6H9NO.C6H9NS.C5H9N3/c1-5(2)6-3-7-4-8-6;1-5(2)6-3-4-7-8-6;2*1-5(2)6-3-4-8-7-6;1-4(2)5-3-6-8-7-5/h2*3-5H,1-2H3,(H,7,8);2*3-5H,1-2H3;3-4H,1-2H3,(H,6,7,8). The second-order valence-electron chi connectivity index (χ2n) is 10.5. The van der Waals surface area contributed by atoms with E-state index in [1.165, 1.54) is 28.6 Å². The third-order valence-corrected chi connectivity index (χ3v) is 5.98. The lowest BCUT2D eigenvalue weighted by Crippen LogP contribution is -1.85. The number of rotatable bonds is 5. The maximum atomic E-state index is 4.63. The first-order chi connectivity index (χ1) is 19.0. The molecular formula is C29H47N9OS. The summed E-state index contributed by atoms with van der Waals surface area (Å²) in [5.74, 6) is 2.68. The summed E-state index contributed by atoms with van der Waals surface area (Å²) >= 11 is 1.52. The molecule has 5 rings (SSSR count). The lowest BCUT2D eigenvalue weighted by atomic mass is 10.1. The summed E-state index contributed by atoms with van der Waals surface area (Å²) < 4.78 is 8.78. The van der Waals surface area contributed by atoms with E-state index in [9.17, 15) is 0 Å². The quantitative estimate of drug-likeness (QED) is 0.194. The molecule has 0 aliphatic heterocycles. The minimum Gasteiger partial charge on any atom is -0.365 e. The van der Waals surface area contributed by atoms with Crippen LogP contribution in [0, 0.1) is 0 Å². The van der Waals surface area contributed by atoms with E-state index in [2.05, 4.69) is 125 Å². The van der Waals surface area contributed by atoms with Crippen molar-refractivity contribution in [3.05, 3.63) is 83.2 Å². The van der Waals surface area contributed by atoms with Crippen molar-refractivity contribution >= 4 is 11.5 Å². The fraction of sp³-hybridized carbons (Fsp3) is 0.517. The molecule has 0 amide bonds. The molecule has 0 unspecified atom stereocenters. The first-order valence-corrected chi connectivity index (χ1v) is 14.5. The van der Waals surface area contributed by atoms with Gasteiger partial charge in [-0.3, -0.25) is 5.10 Å². The van der Waals surface area contributed by atoms with Gasteiger partial charge < -0.3 is 9.51 Å². The molecule has 0 aliphatic rings. The van der Waals surface area contributed by atoms with Gasteiger partial charge in [-0.2, -0.15) is 24.9 Å². The zero-order valence-corrected chi connectivity index (χ0v) is 26.4. The Bertz CT molecular complexity index is 941. The van der Waals surface area contributed by atoms with E-state index in [0.29, 0.717) is 29.6 Å². The van der Waals surface area contributed by atoms with Crippen LogP contribution in [0.3, 0.4) is 0 Å². The van der Waals surface area contributed by atoms with Crippen molar-refractivity contribution in [2.24, 2.45) is 0 Å². The molecule has 5 aromatic rings. The highest BCUT2D eigenvalue weighted by molar-refractivity contribution is 7.03. The van der Waals surface area contributed by atoms with Crippen LogP contribution in [0.4, 0.5) is 0 Å². The molecule has 0 saturated carbocycles. The van der Waals surface area contributed by atoms with Crippen LogP contribution in [0.15, 0.2) is 59.3 Å². The molecule has 0 saturated heterocycles. The molecular weight excluding hydrogens is 522 g/mol. The third-order valence-electron chi connectivity index (χ3n) is 5.41. The first kappa shape index (κ1) is 34.4. The Labute approximate surface area is 243 Å². The fourth-order valence-corrected chi connectivity index (χ4v) is 3.35. The smallest absolute Gasteiger partial charge is 0.124 e. The normalized spacial score (nSPS) is 10.4. The number of nitrogens with one attached hydrogen (secondary N) is 3. The van der Waals surface area contributed by atoms with Gasteiger partial charge in [0.05, 0.1) is 29.6 Å². The summed E-state index contributed by atoms with van der Waals surface area (Å²) in [7, 11) is 0. The van der Waals surface area contributed by atoms with E-state index in [1.807, 2.05) is 23.7 Å². The van der Waals surface area contributed by atoms with Gasteiger partial charge in [0.25, 0.3) is 0 Å². The van der Waals surface area contributed by atoms with E-state index < -0.39 is 0 Å². The molecule has 10 nitrogen and oxygen atoms in total. The maximum absolute atomic E-state index is 4.63. The lowest BCUT2D eigenvalue weighted by molar-refractivity contribution is 0.408. The van der Waals surface area contributed by atoms with Crippen molar-refractivity contribution in [2.75, 3.05) is 0 Å². The van der Waals surface area contributed by atoms with Crippen LogP contribution >= 0.6 is 11.5 Å². The van der Waals surface area contributed by atoms with Crippen LogP contribution in [0.1, 0.15) is 127 Å². The van der Waals surface area contributed by atoms with E-state index in [4.69, 9.17) is 0 Å². The molecule has 5 heterocycles. The number of aromatic amines is 3. The Kier molecular flexibility index (Phi) is 16.7. The van der Waals surface area contributed by atoms with Crippen LogP contribution < -0.4 is 0 Å². The molecule has 0 bridgehead atoms. The van der Waals surface area contributed by atoms with Gasteiger partial charge in [-0.15, -0.1) is 0 Å². The first-order valence-electron chi connectivity index (χ1n) is 13.7. The van der Waals surface area contributed by atoms with Crippen LogP contribution in [0.25, 0.3) is 0 Å². The molecule has 5 aromatic heterocycles. The molecule has 0 spiro atoms. The number of hydrogen-bond donors (Lipinski definition) is 3. The van der Waals surface area contributed by atoms with Crippen LogP contribution in [-0.2, 0) is 0 Å². The van der Waals surface area contributed by atoms with Crippen molar-refractivity contribution in [1.82, 2.24) is 45.1 Å². The molecule has 220 valence electrons. The van der Waals surface area contributed by atoms with Crippen molar-refractivity contribution in [3.63, 3.8) is 0 Å². The van der Waals surface area contributed by atoms with Crippen LogP contribution in [0.5, 0.6) is 0 Å². The van der Waals surface area contributed by atoms with Gasteiger partial charge in [-0.05, 0) is 53.3 Å². The highest BCUT2D eigenvalue weighted by Gasteiger charge is 2.00. The number of imidazole rings is 1. The predicted molar refractivity (Wildman–Crippen MR) is 163 cm³/mol. The van der Waals surface area contributed by atoms with Crippen molar-refractivity contribution in [1.29, 1.82) is 0 Å². The van der Waals surface area contributed by atoms with Gasteiger partial charge in [0.2, 0.25) is 0 Å². The molecule has 11 heteroatoms. The van der Waals surface area contributed by atoms with E-state index in [-0.39, 0.29) is 0 Å². The van der Waals surface area contributed by atoms with Gasteiger partial charge in [-0.25, -0.2) is 4.98 Å². The summed E-state index contributed by atoms with van der Waals surface area (Å²) in [6.45, 7) is 21.2. The predicted octanol–water partition coefficient (Wildman–Crippen LogP) is 8.06. The zero-order valence-electron chi connectivity index (χ0n) is 25.6. The Morgan fingerprint density at radius 1 is 0.700 bits per heavy atom. The van der Waals surface area contributed by atoms with Gasteiger partial charge in [0, 0.05) is 35.2 Å². The van der Waals surface area contributed by atoms with Crippen molar-refractivity contribution < 1.29 is 4.52 Å². The topological polar surface area (TPSA) is 138 Å². The summed E-state index contributed by atoms with van der Waals surface area (Å²) in [5, 5.41) is 22.6. The Balaban J connectivity index is 0.000000250. The number of hydrogen-bond acceptors (Lipinski definition) is 8. The Morgan fingerprint density at radius 2 is 1.38 bits per heavy atom. The highest BCUT2D eigenvalue weighted by Crippen LogP contribution is 2.12. The molecule has 3 N–H and O–H groups in total. The summed E-state index contributed by atoms with van der Waals surface area (Å²) in [6.07, 6.45) is 8.66. The Hall–Kier alpha value is -3.60. The minimum absolute atomic E-state index is 0.480. The zero-order chi connectivity index (χ0) is 29.9. The highest BCUT2D eigenvalue weighted by atomic mass is 32.1. The molecule has 0 radical (unpaired) electrons. The van der Waals surface area contributed by atoms with Gasteiger partial charge in [0.1, 0.15) is 6.26 Å². The van der Waals surface area contributed by atoms with Crippen molar-refractivity contribution in [3.8, 4) is 0 Å². The summed E-state index contributed by atoms with van der Waals surface area (Å²) in [5.41, 5.74) is 5.64. The monoisotopic (exact) mass is 569 g/mol. The fourth-order valence-electron chi connectivity index (χ4n) is 2.70. The molecule has 40 heavy (non-hydrogen) atoms. The largest absolute Gasteiger partial charge is 0.365 e. The second kappa shape index (κ2) is 19.5. The molecule has 0 aliphatic carbocycles. The average Bonchev–Trinajstić information content (AvgIpc) is 3.74. The van der Waals surface area contributed by atoms with E-state index in [0.717, 1.165) is 11.4 Å². The van der Waals surface area contributed by atoms with Crippen molar-refractivity contribution in [2.45, 2.75) is 98.8 Å². The summed E-state index contributed by atoms with van der Waals surface area (Å²) in [6, 6.07) is 5.94. The maximum Gasteiger partial charge on any atom is 0.124 e. The number of nitrogens with zero attached hydrogens (tertiary/aromatic N) is 6. The van der Waals surface area contributed by atoms with E-state index in [1.54, 1.807) is 25.0 Å². The van der Waals surface area contributed by atoms with Gasteiger partial charge in [0.15, 0.2) is 0 Å². The number of aromatic nitrogens is 9. The van der Waals surface area contributed by atoms with E-state index >= 15 is 0 Å². The van der Waals surface area contributed by atoms with Crippen LogP contribution in [0.2, 0.25) is 0 Å². The molecule has 0 atom stereocenters. The molecule has 0 aromatic carbocycles. The third kappa shape index (κ3) is 14.5. The van der Waals surface area contributed by atoms with Gasteiger partial charge >= 0.3 is 0 Å². The minimum atomic E-state index is 0.480.